The average Bonchev–Trinajstić information content (AvgIpc) is 3.17. The van der Waals surface area contributed by atoms with Gasteiger partial charge in [0.1, 0.15) is 11.9 Å². The van der Waals surface area contributed by atoms with Gasteiger partial charge in [-0.15, -0.1) is 12.4 Å². The molecule has 2 saturated heterocycles. The highest BCUT2D eigenvalue weighted by molar-refractivity contribution is 5.86. The highest BCUT2D eigenvalue weighted by Gasteiger charge is 2.35. The van der Waals surface area contributed by atoms with Crippen molar-refractivity contribution in [1.29, 1.82) is 5.26 Å². The zero-order chi connectivity index (χ0) is 23.3. The van der Waals surface area contributed by atoms with Crippen LogP contribution >= 0.6 is 12.4 Å². The molecule has 0 aliphatic carbocycles. The molecule has 0 bridgehead atoms. The Balaban J connectivity index is 0.00000274. The summed E-state index contributed by atoms with van der Waals surface area (Å²) in [5.74, 6) is 1.42. The molecule has 34 heavy (non-hydrogen) atoms. The van der Waals surface area contributed by atoms with Crippen LogP contribution in [0.2, 0.25) is 0 Å². The fourth-order valence-electron chi connectivity index (χ4n) is 6.06. The van der Waals surface area contributed by atoms with E-state index in [4.69, 9.17) is 9.72 Å². The molecule has 0 saturated carbocycles. The molecule has 0 radical (unpaired) electrons. The smallest absolute Gasteiger partial charge is 0.157 e. The lowest BCUT2D eigenvalue weighted by molar-refractivity contribution is -0.0380. The Labute approximate surface area is 207 Å². The lowest BCUT2D eigenvalue weighted by Crippen LogP contribution is -2.41. The van der Waals surface area contributed by atoms with E-state index < -0.39 is 0 Å². The molecule has 1 unspecified atom stereocenters. The van der Waals surface area contributed by atoms with Gasteiger partial charge in [-0.1, -0.05) is 19.1 Å². The predicted molar refractivity (Wildman–Crippen MR) is 138 cm³/mol. The highest BCUT2D eigenvalue weighted by atomic mass is 35.5. The molecule has 2 fully saturated rings. The van der Waals surface area contributed by atoms with Crippen molar-refractivity contribution in [2.75, 3.05) is 24.6 Å². The Morgan fingerprint density at radius 1 is 1.18 bits per heavy atom. The number of aliphatic hydroxyl groups is 1. The Morgan fingerprint density at radius 3 is 2.44 bits per heavy atom. The molecule has 0 amide bonds. The summed E-state index contributed by atoms with van der Waals surface area (Å²) in [6, 6.07) is 10.7. The first-order valence-corrected chi connectivity index (χ1v) is 12.2. The van der Waals surface area contributed by atoms with Gasteiger partial charge in [-0.2, -0.15) is 5.26 Å². The van der Waals surface area contributed by atoms with Crippen LogP contribution in [-0.2, 0) is 4.74 Å². The van der Waals surface area contributed by atoms with E-state index >= 15 is 0 Å². The van der Waals surface area contributed by atoms with Crippen LogP contribution in [0.4, 0.5) is 5.82 Å². The van der Waals surface area contributed by atoms with Gasteiger partial charge in [0.15, 0.2) is 5.65 Å². The first kappa shape index (κ1) is 24.8. The third-order valence-corrected chi connectivity index (χ3v) is 7.87. The predicted octanol–water partition coefficient (Wildman–Crippen LogP) is 5.36. The first-order valence-electron chi connectivity index (χ1n) is 12.2. The van der Waals surface area contributed by atoms with E-state index in [1.54, 1.807) is 0 Å². The Morgan fingerprint density at radius 2 is 1.82 bits per heavy atom. The second kappa shape index (κ2) is 9.37. The van der Waals surface area contributed by atoms with Gasteiger partial charge < -0.3 is 14.7 Å². The summed E-state index contributed by atoms with van der Waals surface area (Å²) in [6.45, 7) is 10.6. The van der Waals surface area contributed by atoms with Crippen molar-refractivity contribution in [1.82, 2.24) is 9.38 Å². The number of fused-ring (bicyclic) bond motifs is 3. The summed E-state index contributed by atoms with van der Waals surface area (Å²) in [5.41, 5.74) is 5.72. The molecule has 1 N–H and O–H groups in total. The van der Waals surface area contributed by atoms with Crippen molar-refractivity contribution >= 4 is 34.9 Å². The number of aromatic nitrogens is 2. The van der Waals surface area contributed by atoms with Gasteiger partial charge in [-0.05, 0) is 81.0 Å². The van der Waals surface area contributed by atoms with Crippen LogP contribution in [-0.4, -0.2) is 46.4 Å². The largest absolute Gasteiger partial charge is 0.396 e. The lowest BCUT2D eigenvalue weighted by Gasteiger charge is -2.41. The third kappa shape index (κ3) is 4.04. The summed E-state index contributed by atoms with van der Waals surface area (Å²) in [4.78, 5) is 7.41. The lowest BCUT2D eigenvalue weighted by atomic mass is 9.80. The van der Waals surface area contributed by atoms with Crippen molar-refractivity contribution in [3.63, 3.8) is 0 Å². The van der Waals surface area contributed by atoms with E-state index in [0.717, 1.165) is 66.8 Å². The van der Waals surface area contributed by atoms with Crippen LogP contribution in [0.1, 0.15) is 69.1 Å². The minimum Gasteiger partial charge on any atom is -0.396 e. The van der Waals surface area contributed by atoms with Crippen LogP contribution in [0, 0.1) is 23.7 Å². The van der Waals surface area contributed by atoms with E-state index in [9.17, 15) is 10.4 Å². The van der Waals surface area contributed by atoms with Gasteiger partial charge in [-0.25, -0.2) is 4.98 Å². The summed E-state index contributed by atoms with van der Waals surface area (Å²) >= 11 is 0. The number of rotatable bonds is 3. The zero-order valence-electron chi connectivity index (χ0n) is 20.5. The van der Waals surface area contributed by atoms with E-state index in [1.165, 1.54) is 5.56 Å². The molecule has 0 spiro atoms. The van der Waals surface area contributed by atoms with Crippen LogP contribution in [0.5, 0.6) is 0 Å². The van der Waals surface area contributed by atoms with Crippen molar-refractivity contribution in [2.24, 2.45) is 5.41 Å². The van der Waals surface area contributed by atoms with Gasteiger partial charge in [0.05, 0.1) is 28.8 Å². The number of ether oxygens (including phenoxy) is 1. The summed E-state index contributed by atoms with van der Waals surface area (Å²) < 4.78 is 8.24. The molecule has 2 aromatic heterocycles. The van der Waals surface area contributed by atoms with Gasteiger partial charge in [0, 0.05) is 19.7 Å². The van der Waals surface area contributed by atoms with E-state index in [0.29, 0.717) is 5.56 Å². The molecule has 182 valence electrons. The van der Waals surface area contributed by atoms with Crippen molar-refractivity contribution < 1.29 is 9.84 Å². The molecular weight excluding hydrogens is 448 g/mol. The minimum atomic E-state index is -0.0263. The number of nitrogens with zero attached hydrogens (tertiary/aromatic N) is 4. The molecule has 2 aliphatic rings. The van der Waals surface area contributed by atoms with Gasteiger partial charge in [0.2, 0.25) is 0 Å². The highest BCUT2D eigenvalue weighted by Crippen LogP contribution is 2.43. The SMILES string of the molecule is Cc1c(C2C[C@@H](C)O[C@@H](C)C2)c(C#N)c2nc3ccccc3n2c1N1CCC(C)(CO)CC1.Cl. The number of halogens is 1. The van der Waals surface area contributed by atoms with Crippen LogP contribution < -0.4 is 4.90 Å². The monoisotopic (exact) mass is 482 g/mol. The van der Waals surface area contributed by atoms with E-state index in [-0.39, 0.29) is 42.6 Å². The van der Waals surface area contributed by atoms with Crippen molar-refractivity contribution in [3.05, 3.63) is 41.0 Å². The Bertz CT molecular complexity index is 1230. The van der Waals surface area contributed by atoms with Gasteiger partial charge >= 0.3 is 0 Å². The van der Waals surface area contributed by atoms with Crippen LogP contribution in [0.15, 0.2) is 24.3 Å². The second-order valence-corrected chi connectivity index (χ2v) is 10.5. The molecular formula is C27H35ClN4O2. The summed E-state index contributed by atoms with van der Waals surface area (Å²) in [5, 5.41) is 20.2. The number of hydrogen-bond donors (Lipinski definition) is 1. The normalized spacial score (nSPS) is 24.7. The number of para-hydroxylation sites is 2. The zero-order valence-corrected chi connectivity index (χ0v) is 21.4. The number of pyridine rings is 1. The molecule has 6 nitrogen and oxygen atoms in total. The van der Waals surface area contributed by atoms with Crippen molar-refractivity contribution in [3.8, 4) is 6.07 Å². The Hall–Kier alpha value is -2.33. The molecule has 1 aromatic carbocycles. The van der Waals surface area contributed by atoms with Crippen LogP contribution in [0.3, 0.4) is 0 Å². The standard InChI is InChI=1S/C27H34N4O2.ClH/c1-17-13-20(14-18(2)33-17)24-19(3)26(30-11-9-27(4,16-32)10-12-30)31-23-8-6-5-7-22(23)29-25(31)21(24)15-28;/h5-8,17-18,20,32H,9-14,16H2,1-4H3;1H/t17-,18+,20?;. The number of benzene rings is 1. The van der Waals surface area contributed by atoms with E-state index in [1.807, 2.05) is 18.2 Å². The molecule has 5 rings (SSSR count). The summed E-state index contributed by atoms with van der Waals surface area (Å²) in [6.07, 6.45) is 4.05. The number of anilines is 1. The molecule has 3 aromatic rings. The van der Waals surface area contributed by atoms with E-state index in [2.05, 4.69) is 49.1 Å². The third-order valence-electron chi connectivity index (χ3n) is 7.87. The summed E-state index contributed by atoms with van der Waals surface area (Å²) in [7, 11) is 0. The average molecular weight is 483 g/mol. The number of hydrogen-bond acceptors (Lipinski definition) is 5. The van der Waals surface area contributed by atoms with Gasteiger partial charge in [-0.3, -0.25) is 4.40 Å². The Kier molecular flexibility index (Phi) is 6.83. The molecule has 4 heterocycles. The maximum absolute atomic E-state index is 10.4. The molecule has 7 heteroatoms. The molecule has 2 aliphatic heterocycles. The first-order chi connectivity index (χ1) is 15.8. The van der Waals surface area contributed by atoms with Crippen molar-refractivity contribution in [2.45, 2.75) is 71.5 Å². The number of imidazole rings is 1. The fourth-order valence-corrected chi connectivity index (χ4v) is 6.06. The second-order valence-electron chi connectivity index (χ2n) is 10.5. The molecule has 3 atom stereocenters. The number of piperidine rings is 1. The quantitative estimate of drug-likeness (QED) is 0.544. The maximum Gasteiger partial charge on any atom is 0.157 e. The number of aliphatic hydroxyl groups excluding tert-OH is 1. The van der Waals surface area contributed by atoms with Gasteiger partial charge in [0.25, 0.3) is 0 Å². The fraction of sp³-hybridized carbons (Fsp3) is 0.556. The number of nitriles is 1. The topological polar surface area (TPSA) is 73.8 Å². The minimum absolute atomic E-state index is 0. The maximum atomic E-state index is 10.4. The van der Waals surface area contributed by atoms with Crippen LogP contribution in [0.25, 0.3) is 16.7 Å².